The molecule has 3 aromatic heterocycles. The standard InChI is InChI=1S/C17H15N5S2/c1-4-13-6-2-9-18-16(13)14(5-1)12-24-17-19-20-21-22(17)10-8-15-7-3-11-23-15/h1-7,9,11H,8,10,12H2. The van der Waals surface area contributed by atoms with Gasteiger partial charge in [0.25, 0.3) is 0 Å². The van der Waals surface area contributed by atoms with Crippen LogP contribution in [0.3, 0.4) is 0 Å². The summed E-state index contributed by atoms with van der Waals surface area (Å²) in [6, 6.07) is 14.5. The molecular weight excluding hydrogens is 338 g/mol. The van der Waals surface area contributed by atoms with Crippen LogP contribution in [0.5, 0.6) is 0 Å². The average molecular weight is 353 g/mol. The molecule has 0 aliphatic heterocycles. The molecular formula is C17H15N5S2. The van der Waals surface area contributed by atoms with Crippen molar-refractivity contribution < 1.29 is 0 Å². The van der Waals surface area contributed by atoms with Gasteiger partial charge in [-0.2, -0.15) is 0 Å². The molecule has 4 rings (SSSR count). The van der Waals surface area contributed by atoms with E-state index in [0.29, 0.717) is 0 Å². The van der Waals surface area contributed by atoms with Crippen molar-refractivity contribution in [1.82, 2.24) is 25.2 Å². The third-order valence-corrected chi connectivity index (χ3v) is 5.66. The van der Waals surface area contributed by atoms with Gasteiger partial charge in [-0.25, -0.2) is 4.68 Å². The second-order valence-electron chi connectivity index (χ2n) is 5.29. The first kappa shape index (κ1) is 15.3. The molecule has 0 saturated heterocycles. The summed E-state index contributed by atoms with van der Waals surface area (Å²) >= 11 is 3.41. The monoisotopic (exact) mass is 353 g/mol. The molecule has 0 saturated carbocycles. The van der Waals surface area contributed by atoms with Gasteiger partial charge < -0.3 is 0 Å². The summed E-state index contributed by atoms with van der Waals surface area (Å²) in [5.74, 6) is 0.799. The predicted octanol–water partition coefficient (Wildman–Crippen LogP) is 3.82. The van der Waals surface area contributed by atoms with Crippen LogP contribution in [0.15, 0.2) is 59.2 Å². The maximum atomic E-state index is 4.50. The summed E-state index contributed by atoms with van der Waals surface area (Å²) in [5, 5.41) is 16.2. The Balaban J connectivity index is 1.47. The van der Waals surface area contributed by atoms with Crippen molar-refractivity contribution in [2.75, 3.05) is 0 Å². The Morgan fingerprint density at radius 1 is 1.08 bits per heavy atom. The number of tetrazole rings is 1. The number of aryl methyl sites for hydroxylation is 2. The third-order valence-electron chi connectivity index (χ3n) is 3.72. The number of fused-ring (bicyclic) bond motifs is 1. The summed E-state index contributed by atoms with van der Waals surface area (Å²) in [5.41, 5.74) is 2.25. The molecule has 120 valence electrons. The van der Waals surface area contributed by atoms with Crippen molar-refractivity contribution >= 4 is 34.0 Å². The number of hydrogen-bond donors (Lipinski definition) is 0. The van der Waals surface area contributed by atoms with Crippen molar-refractivity contribution in [3.8, 4) is 0 Å². The molecule has 0 N–H and O–H groups in total. The van der Waals surface area contributed by atoms with Crippen LogP contribution in [0.25, 0.3) is 10.9 Å². The maximum Gasteiger partial charge on any atom is 0.209 e. The van der Waals surface area contributed by atoms with E-state index in [9.17, 15) is 0 Å². The van der Waals surface area contributed by atoms with Crippen LogP contribution >= 0.6 is 23.1 Å². The van der Waals surface area contributed by atoms with E-state index in [4.69, 9.17) is 0 Å². The molecule has 1 aromatic carbocycles. The van der Waals surface area contributed by atoms with Crippen molar-refractivity contribution in [2.24, 2.45) is 0 Å². The van der Waals surface area contributed by atoms with Gasteiger partial charge >= 0.3 is 0 Å². The Morgan fingerprint density at radius 2 is 2.04 bits per heavy atom. The Kier molecular flexibility index (Phi) is 4.53. The van der Waals surface area contributed by atoms with E-state index < -0.39 is 0 Å². The van der Waals surface area contributed by atoms with Crippen LogP contribution in [0, 0.1) is 0 Å². The minimum Gasteiger partial charge on any atom is -0.256 e. The van der Waals surface area contributed by atoms with Crippen molar-refractivity contribution in [1.29, 1.82) is 0 Å². The van der Waals surface area contributed by atoms with Crippen LogP contribution in [0.1, 0.15) is 10.4 Å². The molecule has 0 atom stereocenters. The van der Waals surface area contributed by atoms with E-state index in [1.54, 1.807) is 23.1 Å². The van der Waals surface area contributed by atoms with E-state index >= 15 is 0 Å². The molecule has 0 spiro atoms. The van der Waals surface area contributed by atoms with Gasteiger partial charge in [0.15, 0.2) is 0 Å². The van der Waals surface area contributed by atoms with E-state index in [0.717, 1.165) is 34.8 Å². The normalized spacial score (nSPS) is 11.2. The number of hydrogen-bond acceptors (Lipinski definition) is 6. The quantitative estimate of drug-likeness (QED) is 0.493. The van der Waals surface area contributed by atoms with Gasteiger partial charge in [0.1, 0.15) is 0 Å². The van der Waals surface area contributed by atoms with E-state index in [1.165, 1.54) is 10.4 Å². The Labute approximate surface area is 147 Å². The minimum atomic E-state index is 0.795. The fraction of sp³-hybridized carbons (Fsp3) is 0.176. The van der Waals surface area contributed by atoms with Crippen LogP contribution in [-0.4, -0.2) is 25.2 Å². The fourth-order valence-electron chi connectivity index (χ4n) is 2.54. The second-order valence-corrected chi connectivity index (χ2v) is 7.27. The van der Waals surface area contributed by atoms with Crippen molar-refractivity contribution in [3.05, 3.63) is 64.5 Å². The van der Waals surface area contributed by atoms with Gasteiger partial charge in [-0.1, -0.05) is 42.1 Å². The first-order chi connectivity index (χ1) is 11.9. The molecule has 0 unspecified atom stereocenters. The molecule has 7 heteroatoms. The molecule has 0 aliphatic carbocycles. The number of pyridine rings is 1. The zero-order valence-electron chi connectivity index (χ0n) is 12.9. The minimum absolute atomic E-state index is 0.795. The van der Waals surface area contributed by atoms with Gasteiger partial charge in [-0.15, -0.1) is 16.4 Å². The lowest BCUT2D eigenvalue weighted by Crippen LogP contribution is -2.04. The number of nitrogens with zero attached hydrogens (tertiary/aromatic N) is 5. The van der Waals surface area contributed by atoms with E-state index in [2.05, 4.69) is 62.3 Å². The molecule has 3 heterocycles. The third kappa shape index (κ3) is 3.32. The zero-order valence-corrected chi connectivity index (χ0v) is 14.5. The maximum absolute atomic E-state index is 4.50. The van der Waals surface area contributed by atoms with Crippen LogP contribution in [-0.2, 0) is 18.7 Å². The van der Waals surface area contributed by atoms with E-state index in [-0.39, 0.29) is 0 Å². The largest absolute Gasteiger partial charge is 0.256 e. The zero-order chi connectivity index (χ0) is 16.2. The number of para-hydroxylation sites is 1. The molecule has 24 heavy (non-hydrogen) atoms. The van der Waals surface area contributed by atoms with Crippen molar-refractivity contribution in [2.45, 2.75) is 23.9 Å². The Morgan fingerprint density at radius 3 is 2.96 bits per heavy atom. The highest BCUT2D eigenvalue weighted by Gasteiger charge is 2.09. The summed E-state index contributed by atoms with van der Waals surface area (Å²) < 4.78 is 1.88. The fourth-order valence-corrected chi connectivity index (χ4v) is 4.12. The van der Waals surface area contributed by atoms with Crippen LogP contribution in [0.2, 0.25) is 0 Å². The summed E-state index contributed by atoms with van der Waals surface area (Å²) in [6.07, 6.45) is 2.79. The number of rotatable bonds is 6. The topological polar surface area (TPSA) is 56.5 Å². The summed E-state index contributed by atoms with van der Waals surface area (Å²) in [7, 11) is 0. The van der Waals surface area contributed by atoms with Gasteiger partial charge in [-0.3, -0.25) is 4.98 Å². The first-order valence-corrected chi connectivity index (χ1v) is 9.50. The molecule has 5 nitrogen and oxygen atoms in total. The molecule has 0 radical (unpaired) electrons. The Bertz CT molecular complexity index is 928. The first-order valence-electron chi connectivity index (χ1n) is 7.64. The van der Waals surface area contributed by atoms with Gasteiger partial charge in [0.2, 0.25) is 5.16 Å². The number of aromatic nitrogens is 5. The predicted molar refractivity (Wildman–Crippen MR) is 97.1 cm³/mol. The number of thioether (sulfide) groups is 1. The highest BCUT2D eigenvalue weighted by atomic mass is 32.2. The molecule has 4 aromatic rings. The lowest BCUT2D eigenvalue weighted by atomic mass is 10.1. The molecule has 0 amide bonds. The number of benzene rings is 1. The van der Waals surface area contributed by atoms with Crippen molar-refractivity contribution in [3.63, 3.8) is 0 Å². The van der Waals surface area contributed by atoms with Gasteiger partial charge in [0.05, 0.1) is 12.1 Å². The SMILES string of the molecule is c1csc(CCn2nnnc2SCc2cccc3cccnc23)c1. The molecule has 0 aliphatic rings. The molecule has 0 bridgehead atoms. The summed E-state index contributed by atoms with van der Waals surface area (Å²) in [6.45, 7) is 0.795. The smallest absolute Gasteiger partial charge is 0.209 e. The van der Waals surface area contributed by atoms with Crippen LogP contribution < -0.4 is 0 Å². The number of thiophene rings is 1. The van der Waals surface area contributed by atoms with Crippen LogP contribution in [0.4, 0.5) is 0 Å². The molecule has 0 fully saturated rings. The van der Waals surface area contributed by atoms with Gasteiger partial charge in [0, 0.05) is 28.6 Å². The highest BCUT2D eigenvalue weighted by molar-refractivity contribution is 7.98. The average Bonchev–Trinajstić information content (AvgIpc) is 3.29. The Hall–Kier alpha value is -2.25. The lowest BCUT2D eigenvalue weighted by molar-refractivity contribution is 0.551. The summed E-state index contributed by atoms with van der Waals surface area (Å²) in [4.78, 5) is 5.85. The van der Waals surface area contributed by atoms with Gasteiger partial charge in [-0.05, 0) is 33.5 Å². The lowest BCUT2D eigenvalue weighted by Gasteiger charge is -2.06. The second kappa shape index (κ2) is 7.11. The van der Waals surface area contributed by atoms with E-state index in [1.807, 2.05) is 16.9 Å². The highest BCUT2D eigenvalue weighted by Crippen LogP contribution is 2.25.